The minimum absolute atomic E-state index is 0.474. The summed E-state index contributed by atoms with van der Waals surface area (Å²) in [5.41, 5.74) is 5.45. The van der Waals surface area contributed by atoms with Crippen molar-refractivity contribution in [2.45, 2.75) is 39.2 Å². The Morgan fingerprint density at radius 2 is 2.37 bits per heavy atom. The Hall–Kier alpha value is -0.990. The van der Waals surface area contributed by atoms with Crippen molar-refractivity contribution in [1.29, 1.82) is 0 Å². The van der Waals surface area contributed by atoms with Crippen LogP contribution in [0.2, 0.25) is 0 Å². The van der Waals surface area contributed by atoms with Crippen LogP contribution >= 0.6 is 11.6 Å². The van der Waals surface area contributed by atoms with Gasteiger partial charge in [-0.1, -0.05) is 24.6 Å². The molecule has 0 spiro atoms. The molecule has 104 valence electrons. The summed E-state index contributed by atoms with van der Waals surface area (Å²) in [4.78, 5) is 0. The van der Waals surface area contributed by atoms with Gasteiger partial charge >= 0.3 is 0 Å². The minimum atomic E-state index is 0.474. The lowest BCUT2D eigenvalue weighted by Gasteiger charge is -2.26. The topological polar surface area (TPSA) is 21.3 Å². The standard InChI is InChI=1S/C16H22ClNO/c1-3-18-16-6-4-5-13-7-8-14(9-15(13)16)19-11-12(2)10-17/h7-10,16,18H,3-6,11H2,1-2H3/b12-10+. The van der Waals surface area contributed by atoms with Crippen molar-refractivity contribution >= 4 is 11.6 Å². The summed E-state index contributed by atoms with van der Waals surface area (Å²) in [6, 6.07) is 6.92. The number of nitrogens with one attached hydrogen (secondary N) is 1. The Kier molecular flexibility index (Phi) is 5.29. The van der Waals surface area contributed by atoms with Crippen LogP contribution in [-0.2, 0) is 6.42 Å². The highest BCUT2D eigenvalue weighted by Crippen LogP contribution is 2.32. The van der Waals surface area contributed by atoms with Gasteiger partial charge in [0.15, 0.2) is 0 Å². The molecule has 1 aliphatic carbocycles. The van der Waals surface area contributed by atoms with Crippen molar-refractivity contribution < 1.29 is 4.74 Å². The predicted molar refractivity (Wildman–Crippen MR) is 80.9 cm³/mol. The van der Waals surface area contributed by atoms with Crippen molar-refractivity contribution in [3.8, 4) is 5.75 Å². The average Bonchev–Trinajstić information content (AvgIpc) is 2.45. The van der Waals surface area contributed by atoms with E-state index in [0.717, 1.165) is 17.9 Å². The van der Waals surface area contributed by atoms with Crippen molar-refractivity contribution in [1.82, 2.24) is 5.32 Å². The van der Waals surface area contributed by atoms with E-state index in [9.17, 15) is 0 Å². The number of aryl methyl sites for hydroxylation is 1. The summed E-state index contributed by atoms with van der Waals surface area (Å²) in [5, 5.41) is 3.56. The quantitative estimate of drug-likeness (QED) is 0.872. The monoisotopic (exact) mass is 279 g/mol. The number of hydrogen-bond donors (Lipinski definition) is 1. The van der Waals surface area contributed by atoms with Gasteiger partial charge in [-0.2, -0.15) is 0 Å². The molecule has 0 fully saturated rings. The van der Waals surface area contributed by atoms with Gasteiger partial charge in [-0.05, 0) is 61.6 Å². The van der Waals surface area contributed by atoms with Gasteiger partial charge < -0.3 is 10.1 Å². The highest BCUT2D eigenvalue weighted by molar-refractivity contribution is 6.25. The molecule has 1 N–H and O–H groups in total. The SMILES string of the molecule is CCNC1CCCc2ccc(OC/C(C)=C/Cl)cc21. The van der Waals surface area contributed by atoms with E-state index in [0.29, 0.717) is 12.6 Å². The number of fused-ring (bicyclic) bond motifs is 1. The fourth-order valence-corrected chi connectivity index (χ4v) is 2.62. The summed E-state index contributed by atoms with van der Waals surface area (Å²) >= 11 is 5.65. The smallest absolute Gasteiger partial charge is 0.120 e. The van der Waals surface area contributed by atoms with E-state index in [1.165, 1.54) is 30.4 Å². The molecule has 0 radical (unpaired) electrons. The predicted octanol–water partition coefficient (Wildman–Crippen LogP) is 4.19. The molecule has 0 aromatic heterocycles. The molecule has 0 heterocycles. The van der Waals surface area contributed by atoms with E-state index in [-0.39, 0.29) is 0 Å². The maximum absolute atomic E-state index is 5.77. The molecule has 0 amide bonds. The Balaban J connectivity index is 2.13. The molecule has 0 saturated carbocycles. The van der Waals surface area contributed by atoms with Gasteiger partial charge in [-0.3, -0.25) is 0 Å². The second kappa shape index (κ2) is 6.97. The first-order chi connectivity index (χ1) is 9.24. The third kappa shape index (κ3) is 3.74. The largest absolute Gasteiger partial charge is 0.489 e. The van der Waals surface area contributed by atoms with Crippen LogP contribution in [0.1, 0.15) is 43.9 Å². The fourth-order valence-electron chi connectivity index (χ4n) is 2.55. The van der Waals surface area contributed by atoms with Crippen molar-refractivity contribution in [2.75, 3.05) is 13.2 Å². The maximum atomic E-state index is 5.77. The summed E-state index contributed by atoms with van der Waals surface area (Å²) in [6.45, 7) is 5.67. The van der Waals surface area contributed by atoms with E-state index >= 15 is 0 Å². The average molecular weight is 280 g/mol. The molecule has 3 heteroatoms. The number of hydrogen-bond acceptors (Lipinski definition) is 2. The zero-order valence-electron chi connectivity index (χ0n) is 11.7. The molecule has 1 unspecified atom stereocenters. The van der Waals surface area contributed by atoms with Crippen molar-refractivity contribution in [2.24, 2.45) is 0 Å². The highest BCUT2D eigenvalue weighted by Gasteiger charge is 2.19. The number of rotatable bonds is 5. The van der Waals surface area contributed by atoms with E-state index < -0.39 is 0 Å². The first-order valence-electron chi connectivity index (χ1n) is 6.99. The van der Waals surface area contributed by atoms with E-state index in [2.05, 4.69) is 30.4 Å². The zero-order valence-corrected chi connectivity index (χ0v) is 12.5. The molecule has 1 aliphatic rings. The number of benzene rings is 1. The first kappa shape index (κ1) is 14.4. The fraction of sp³-hybridized carbons (Fsp3) is 0.500. The summed E-state index contributed by atoms with van der Waals surface area (Å²) in [7, 11) is 0. The van der Waals surface area contributed by atoms with Crippen LogP contribution in [0.15, 0.2) is 29.3 Å². The molecule has 19 heavy (non-hydrogen) atoms. The first-order valence-corrected chi connectivity index (χ1v) is 7.43. The molecule has 1 aromatic carbocycles. The van der Waals surface area contributed by atoms with Crippen molar-refractivity contribution in [3.05, 3.63) is 40.4 Å². The van der Waals surface area contributed by atoms with Gasteiger partial charge in [0.2, 0.25) is 0 Å². The lowest BCUT2D eigenvalue weighted by molar-refractivity contribution is 0.350. The van der Waals surface area contributed by atoms with Crippen molar-refractivity contribution in [3.63, 3.8) is 0 Å². The third-order valence-electron chi connectivity index (χ3n) is 3.53. The number of halogens is 1. The van der Waals surface area contributed by atoms with Gasteiger partial charge in [-0.15, -0.1) is 0 Å². The van der Waals surface area contributed by atoms with Gasteiger partial charge in [0.1, 0.15) is 12.4 Å². The third-order valence-corrected chi connectivity index (χ3v) is 3.91. The molecule has 2 rings (SSSR count). The zero-order chi connectivity index (χ0) is 13.7. The van der Waals surface area contributed by atoms with E-state index in [4.69, 9.17) is 16.3 Å². The lowest BCUT2D eigenvalue weighted by Crippen LogP contribution is -2.24. The Bertz CT molecular complexity index is 456. The molecule has 0 aliphatic heterocycles. The molecular formula is C16H22ClNO. The minimum Gasteiger partial charge on any atom is -0.489 e. The lowest BCUT2D eigenvalue weighted by atomic mass is 9.87. The molecule has 2 nitrogen and oxygen atoms in total. The molecule has 1 atom stereocenters. The van der Waals surface area contributed by atoms with Crippen LogP contribution in [0.3, 0.4) is 0 Å². The van der Waals surface area contributed by atoms with Gasteiger partial charge in [0.25, 0.3) is 0 Å². The van der Waals surface area contributed by atoms with Gasteiger partial charge in [-0.25, -0.2) is 0 Å². The summed E-state index contributed by atoms with van der Waals surface area (Å²) in [6.07, 6.45) is 3.65. The van der Waals surface area contributed by atoms with Crippen LogP contribution in [0.5, 0.6) is 5.75 Å². The second-order valence-corrected chi connectivity index (χ2v) is 5.33. The van der Waals surface area contributed by atoms with E-state index in [1.54, 1.807) is 5.54 Å². The van der Waals surface area contributed by atoms with Gasteiger partial charge in [0.05, 0.1) is 0 Å². The van der Waals surface area contributed by atoms with Crippen LogP contribution in [-0.4, -0.2) is 13.2 Å². The molecular weight excluding hydrogens is 258 g/mol. The normalized spacial score (nSPS) is 19.1. The highest BCUT2D eigenvalue weighted by atomic mass is 35.5. The summed E-state index contributed by atoms with van der Waals surface area (Å²) < 4.78 is 5.77. The number of ether oxygens (including phenoxy) is 1. The Labute approximate surface area is 120 Å². The molecule has 1 aromatic rings. The van der Waals surface area contributed by atoms with Crippen LogP contribution < -0.4 is 10.1 Å². The molecule has 0 bridgehead atoms. The Morgan fingerprint density at radius 3 is 3.11 bits per heavy atom. The Morgan fingerprint density at radius 1 is 1.53 bits per heavy atom. The van der Waals surface area contributed by atoms with Crippen LogP contribution in [0.4, 0.5) is 0 Å². The maximum Gasteiger partial charge on any atom is 0.120 e. The van der Waals surface area contributed by atoms with Crippen LogP contribution in [0, 0.1) is 0 Å². The summed E-state index contributed by atoms with van der Waals surface area (Å²) in [5.74, 6) is 0.932. The van der Waals surface area contributed by atoms with Gasteiger partial charge in [0, 0.05) is 11.6 Å². The second-order valence-electron chi connectivity index (χ2n) is 5.11. The van der Waals surface area contributed by atoms with Crippen LogP contribution in [0.25, 0.3) is 0 Å². The van der Waals surface area contributed by atoms with E-state index in [1.807, 2.05) is 6.92 Å². The molecule has 0 saturated heterocycles.